The minimum absolute atomic E-state index is 0.267. The van der Waals surface area contributed by atoms with Crippen molar-refractivity contribution >= 4 is 23.5 Å². The number of aliphatic hydroxyl groups is 1. The van der Waals surface area contributed by atoms with Crippen LogP contribution < -0.4 is 5.32 Å². The minimum atomic E-state index is -1.73. The Morgan fingerprint density at radius 1 is 1.23 bits per heavy atom. The van der Waals surface area contributed by atoms with Crippen LogP contribution in [0, 0.1) is 11.6 Å². The van der Waals surface area contributed by atoms with Crippen LogP contribution in [-0.4, -0.2) is 46.0 Å². The molecule has 116 valence electrons. The highest BCUT2D eigenvalue weighted by molar-refractivity contribution is 6.17. The number of carboxylic acids is 1. The summed E-state index contributed by atoms with van der Waals surface area (Å²) in [5.74, 6) is -5.65. The van der Waals surface area contributed by atoms with E-state index in [4.69, 9.17) is 10.2 Å². The number of imide groups is 1. The summed E-state index contributed by atoms with van der Waals surface area (Å²) in [6, 6.07) is 1.33. The fraction of sp³-hybridized carbons (Fsp3) is 0.154. The van der Waals surface area contributed by atoms with Gasteiger partial charge in [0, 0.05) is 6.08 Å². The van der Waals surface area contributed by atoms with Gasteiger partial charge in [-0.15, -0.1) is 0 Å². The summed E-state index contributed by atoms with van der Waals surface area (Å²) >= 11 is 0. The molecule has 1 aliphatic heterocycles. The van der Waals surface area contributed by atoms with Gasteiger partial charge in [0.15, 0.2) is 0 Å². The zero-order valence-electron chi connectivity index (χ0n) is 11.0. The van der Waals surface area contributed by atoms with Crippen LogP contribution in [0.4, 0.5) is 14.5 Å². The normalized spacial score (nSPS) is 14.3. The van der Waals surface area contributed by atoms with Gasteiger partial charge >= 0.3 is 5.97 Å². The zero-order chi connectivity index (χ0) is 16.4. The Morgan fingerprint density at radius 3 is 2.45 bits per heavy atom. The lowest BCUT2D eigenvalue weighted by atomic mass is 10.1. The average molecular weight is 312 g/mol. The summed E-state index contributed by atoms with van der Waals surface area (Å²) in [4.78, 5) is 35.1. The van der Waals surface area contributed by atoms with Gasteiger partial charge in [-0.1, -0.05) is 0 Å². The van der Waals surface area contributed by atoms with Crippen LogP contribution in [-0.2, 0) is 9.59 Å². The van der Waals surface area contributed by atoms with Gasteiger partial charge in [-0.2, -0.15) is 0 Å². The molecule has 2 amide bonds. The van der Waals surface area contributed by atoms with Crippen molar-refractivity contribution in [2.75, 3.05) is 18.5 Å². The van der Waals surface area contributed by atoms with E-state index < -0.39 is 53.0 Å². The van der Waals surface area contributed by atoms with E-state index in [2.05, 4.69) is 5.32 Å². The molecule has 3 N–H and O–H groups in total. The van der Waals surface area contributed by atoms with E-state index in [9.17, 15) is 23.2 Å². The predicted molar refractivity (Wildman–Crippen MR) is 68.8 cm³/mol. The highest BCUT2D eigenvalue weighted by Crippen LogP contribution is 2.26. The van der Waals surface area contributed by atoms with Gasteiger partial charge in [0.25, 0.3) is 11.8 Å². The molecule has 22 heavy (non-hydrogen) atoms. The number of hydrogen-bond acceptors (Lipinski definition) is 5. The van der Waals surface area contributed by atoms with Gasteiger partial charge < -0.3 is 15.5 Å². The molecule has 0 radical (unpaired) electrons. The summed E-state index contributed by atoms with van der Waals surface area (Å²) in [6.07, 6.45) is 0.813. The minimum Gasteiger partial charge on any atom is -0.478 e. The first-order valence-corrected chi connectivity index (χ1v) is 6.03. The molecule has 0 saturated carbocycles. The molecule has 1 aromatic carbocycles. The van der Waals surface area contributed by atoms with E-state index in [-0.39, 0.29) is 6.54 Å². The number of anilines is 1. The molecule has 1 aliphatic rings. The molecule has 0 spiro atoms. The monoisotopic (exact) mass is 312 g/mol. The smallest absolute Gasteiger partial charge is 0.340 e. The molecule has 0 aliphatic carbocycles. The van der Waals surface area contributed by atoms with Crippen LogP contribution in [0.5, 0.6) is 0 Å². The quantitative estimate of drug-likeness (QED) is 0.676. The highest BCUT2D eigenvalue weighted by Gasteiger charge is 2.32. The Morgan fingerprint density at radius 2 is 1.86 bits per heavy atom. The topological polar surface area (TPSA) is 107 Å². The Balaban J connectivity index is 2.39. The molecule has 0 fully saturated rings. The summed E-state index contributed by atoms with van der Waals surface area (Å²) in [5, 5.41) is 19.8. The molecule has 0 unspecified atom stereocenters. The number of rotatable bonds is 5. The van der Waals surface area contributed by atoms with E-state index in [0.717, 1.165) is 6.08 Å². The van der Waals surface area contributed by atoms with Crippen LogP contribution in [0.25, 0.3) is 0 Å². The first-order chi connectivity index (χ1) is 10.4. The van der Waals surface area contributed by atoms with Crippen LogP contribution in [0.1, 0.15) is 10.4 Å². The van der Waals surface area contributed by atoms with Crippen LogP contribution in [0.2, 0.25) is 0 Å². The van der Waals surface area contributed by atoms with E-state index in [1.54, 1.807) is 0 Å². The van der Waals surface area contributed by atoms with Gasteiger partial charge in [0.05, 0.1) is 18.8 Å². The fourth-order valence-electron chi connectivity index (χ4n) is 1.93. The van der Waals surface area contributed by atoms with Crippen molar-refractivity contribution in [3.05, 3.63) is 41.1 Å². The molecule has 0 atom stereocenters. The lowest BCUT2D eigenvalue weighted by Gasteiger charge is -2.14. The maximum Gasteiger partial charge on any atom is 0.340 e. The van der Waals surface area contributed by atoms with Crippen molar-refractivity contribution in [3.63, 3.8) is 0 Å². The van der Waals surface area contributed by atoms with Crippen LogP contribution in [0.3, 0.4) is 0 Å². The summed E-state index contributed by atoms with van der Waals surface area (Å²) in [6.45, 7) is -0.732. The van der Waals surface area contributed by atoms with Gasteiger partial charge in [0.2, 0.25) is 0 Å². The Bertz CT molecular complexity index is 702. The molecule has 0 saturated heterocycles. The maximum atomic E-state index is 13.7. The second-order valence-electron chi connectivity index (χ2n) is 4.29. The van der Waals surface area contributed by atoms with Crippen molar-refractivity contribution < 1.29 is 33.4 Å². The lowest BCUT2D eigenvalue weighted by molar-refractivity contribution is -0.137. The van der Waals surface area contributed by atoms with Crippen molar-refractivity contribution in [1.29, 1.82) is 0 Å². The fourth-order valence-corrected chi connectivity index (χ4v) is 1.93. The number of hydrogen-bond donors (Lipinski definition) is 3. The summed E-state index contributed by atoms with van der Waals surface area (Å²) in [7, 11) is 0. The average Bonchev–Trinajstić information content (AvgIpc) is 2.70. The number of aromatic carboxylic acids is 1. The van der Waals surface area contributed by atoms with Gasteiger partial charge in [-0.05, 0) is 12.1 Å². The molecule has 1 aromatic rings. The second kappa shape index (κ2) is 5.90. The molecule has 1 heterocycles. The number of carbonyl (C=O) groups excluding carboxylic acids is 2. The third-order valence-corrected chi connectivity index (χ3v) is 2.91. The van der Waals surface area contributed by atoms with E-state index >= 15 is 0 Å². The number of nitrogens with one attached hydrogen (secondary N) is 1. The Hall–Kier alpha value is -2.81. The molecular weight excluding hydrogens is 302 g/mol. The molecule has 9 heteroatoms. The van der Waals surface area contributed by atoms with Crippen LogP contribution >= 0.6 is 0 Å². The standard InChI is InChI=1S/C13H10F2N2O5/c14-6-1-2-7(15)11(10(6)13(21)22)16-8-5-9(19)17(3-4-18)12(8)20/h1-2,5,16,18H,3-4H2,(H,21,22). The number of carboxylic acid groups (broad SMARTS) is 1. The van der Waals surface area contributed by atoms with Gasteiger partial charge in [0.1, 0.15) is 22.9 Å². The van der Waals surface area contributed by atoms with Crippen molar-refractivity contribution in [2.45, 2.75) is 0 Å². The second-order valence-corrected chi connectivity index (χ2v) is 4.29. The summed E-state index contributed by atoms with van der Waals surface area (Å²) in [5.41, 5.74) is -2.15. The summed E-state index contributed by atoms with van der Waals surface area (Å²) < 4.78 is 27.3. The molecular formula is C13H10F2N2O5. The van der Waals surface area contributed by atoms with Crippen LogP contribution in [0.15, 0.2) is 23.9 Å². The maximum absolute atomic E-state index is 13.7. The number of carbonyl (C=O) groups is 3. The number of halogens is 2. The number of nitrogens with zero attached hydrogens (tertiary/aromatic N) is 1. The van der Waals surface area contributed by atoms with E-state index in [1.165, 1.54) is 0 Å². The van der Waals surface area contributed by atoms with E-state index in [1.807, 2.05) is 0 Å². The van der Waals surface area contributed by atoms with Gasteiger partial charge in [-0.3, -0.25) is 14.5 Å². The SMILES string of the molecule is O=C(O)c1c(F)ccc(F)c1NC1=CC(=O)N(CCO)C1=O. The zero-order valence-corrected chi connectivity index (χ0v) is 11.0. The number of amides is 2. The molecule has 7 nitrogen and oxygen atoms in total. The molecule has 0 bridgehead atoms. The van der Waals surface area contributed by atoms with Crippen molar-refractivity contribution in [2.24, 2.45) is 0 Å². The number of benzene rings is 1. The number of aliphatic hydroxyl groups excluding tert-OH is 1. The Labute approximate surface area is 122 Å². The first-order valence-electron chi connectivity index (χ1n) is 6.03. The highest BCUT2D eigenvalue weighted by atomic mass is 19.1. The van der Waals surface area contributed by atoms with Gasteiger partial charge in [-0.25, -0.2) is 13.6 Å². The third kappa shape index (κ3) is 2.66. The van der Waals surface area contributed by atoms with E-state index in [0.29, 0.717) is 17.0 Å². The van der Waals surface area contributed by atoms with Crippen molar-refractivity contribution in [1.82, 2.24) is 4.90 Å². The molecule has 2 rings (SSSR count). The predicted octanol–water partition coefficient (Wildman–Crippen LogP) is 0.320. The Kier molecular flexibility index (Phi) is 4.18. The van der Waals surface area contributed by atoms with Crippen molar-refractivity contribution in [3.8, 4) is 0 Å². The lowest BCUT2D eigenvalue weighted by Crippen LogP contribution is -2.34. The first kappa shape index (κ1) is 15.6. The number of β-amino-alcohol motifs (C(OH)–C–C–N with tert-alkyl or cyclic N) is 1. The third-order valence-electron chi connectivity index (χ3n) is 2.91. The largest absolute Gasteiger partial charge is 0.478 e. The molecule has 0 aromatic heterocycles.